The Balaban J connectivity index is 3.08. The second-order valence-electron chi connectivity index (χ2n) is 9.97. The molecule has 144 valence electrons. The molecule has 0 spiro atoms. The summed E-state index contributed by atoms with van der Waals surface area (Å²) in [5.41, 5.74) is 5.60. The van der Waals surface area contributed by atoms with E-state index in [9.17, 15) is 0 Å². The van der Waals surface area contributed by atoms with Crippen molar-refractivity contribution >= 4 is 8.07 Å². The minimum Gasteiger partial charge on any atom is -0.0651 e. The Bertz CT molecular complexity index is 472. The zero-order valence-corrected chi connectivity index (χ0v) is 19.7. The van der Waals surface area contributed by atoms with Crippen molar-refractivity contribution in [2.45, 2.75) is 104 Å². The van der Waals surface area contributed by atoms with Crippen LogP contribution in [-0.4, -0.2) is 8.07 Å². The van der Waals surface area contributed by atoms with Crippen LogP contribution in [0.25, 0.3) is 0 Å². The summed E-state index contributed by atoms with van der Waals surface area (Å²) in [5, 5.41) is 0. The molecule has 0 heterocycles. The average molecular weight is 361 g/mol. The second-order valence-corrected chi connectivity index (χ2v) is 16.0. The summed E-state index contributed by atoms with van der Waals surface area (Å²) in [5.74, 6) is 2.16. The predicted octanol–water partition coefficient (Wildman–Crippen LogP) is 8.23. The maximum atomic E-state index is 2.47. The van der Waals surface area contributed by atoms with Gasteiger partial charge in [-0.1, -0.05) is 116 Å². The zero-order chi connectivity index (χ0) is 19.4. The van der Waals surface area contributed by atoms with Gasteiger partial charge in [0.15, 0.2) is 0 Å². The maximum absolute atomic E-state index is 2.47. The molecule has 0 aromatic heterocycles. The van der Waals surface area contributed by atoms with Crippen molar-refractivity contribution in [2.24, 2.45) is 11.8 Å². The van der Waals surface area contributed by atoms with E-state index in [0.717, 1.165) is 22.5 Å². The molecule has 0 radical (unpaired) electrons. The van der Waals surface area contributed by atoms with E-state index in [1.54, 1.807) is 11.1 Å². The first-order valence-electron chi connectivity index (χ1n) is 10.6. The van der Waals surface area contributed by atoms with E-state index in [4.69, 9.17) is 0 Å². The van der Waals surface area contributed by atoms with Gasteiger partial charge in [-0.05, 0) is 35.8 Å². The molecule has 1 rings (SSSR count). The summed E-state index contributed by atoms with van der Waals surface area (Å²) in [6.07, 6.45) is 1.29. The highest BCUT2D eigenvalue weighted by Crippen LogP contribution is 2.43. The third-order valence-corrected chi connectivity index (χ3v) is 14.1. The summed E-state index contributed by atoms with van der Waals surface area (Å²) >= 11 is 0. The van der Waals surface area contributed by atoms with Crippen molar-refractivity contribution < 1.29 is 0 Å². The van der Waals surface area contributed by atoms with Crippen LogP contribution in [0.1, 0.15) is 92.7 Å². The molecule has 0 N–H and O–H groups in total. The van der Waals surface area contributed by atoms with Crippen LogP contribution >= 0.6 is 0 Å². The number of rotatable bonds is 9. The topological polar surface area (TPSA) is 0 Å². The SMILES string of the molecule is CC(C)CC(c1ccc(C[Si](C(C)C)(C(C)C)C(C)C)cc1)C(C)C. The van der Waals surface area contributed by atoms with Crippen LogP contribution in [0.2, 0.25) is 16.6 Å². The van der Waals surface area contributed by atoms with Crippen LogP contribution in [0.4, 0.5) is 0 Å². The Morgan fingerprint density at radius 2 is 1.12 bits per heavy atom. The Hall–Kier alpha value is -0.563. The van der Waals surface area contributed by atoms with Crippen molar-refractivity contribution in [3.05, 3.63) is 35.4 Å². The van der Waals surface area contributed by atoms with Gasteiger partial charge in [0.25, 0.3) is 0 Å². The van der Waals surface area contributed by atoms with E-state index in [1.807, 2.05) is 0 Å². The number of benzene rings is 1. The van der Waals surface area contributed by atoms with Crippen LogP contribution < -0.4 is 0 Å². The highest BCUT2D eigenvalue weighted by atomic mass is 28.3. The van der Waals surface area contributed by atoms with Gasteiger partial charge in [-0.2, -0.15) is 0 Å². The third-order valence-electron chi connectivity index (χ3n) is 6.67. The van der Waals surface area contributed by atoms with Gasteiger partial charge in [-0.25, -0.2) is 0 Å². The highest BCUT2D eigenvalue weighted by Gasteiger charge is 2.42. The molecule has 0 aliphatic rings. The molecular weight excluding hydrogens is 316 g/mol. The monoisotopic (exact) mass is 360 g/mol. The molecule has 0 bridgehead atoms. The Kier molecular flexibility index (Phi) is 8.45. The molecular formula is C24H44Si. The lowest BCUT2D eigenvalue weighted by molar-refractivity contribution is 0.408. The molecule has 0 fully saturated rings. The van der Waals surface area contributed by atoms with Crippen LogP contribution in [0, 0.1) is 11.8 Å². The van der Waals surface area contributed by atoms with Gasteiger partial charge in [0.05, 0.1) is 8.07 Å². The average Bonchev–Trinajstić information content (AvgIpc) is 2.49. The summed E-state index contributed by atoms with van der Waals surface area (Å²) < 4.78 is 0. The molecule has 0 nitrogen and oxygen atoms in total. The zero-order valence-electron chi connectivity index (χ0n) is 18.7. The lowest BCUT2D eigenvalue weighted by atomic mass is 9.82. The Labute approximate surface area is 159 Å². The number of hydrogen-bond acceptors (Lipinski definition) is 0. The van der Waals surface area contributed by atoms with Crippen LogP contribution in [-0.2, 0) is 6.04 Å². The van der Waals surface area contributed by atoms with Crippen molar-refractivity contribution in [3.8, 4) is 0 Å². The Morgan fingerprint density at radius 3 is 1.44 bits per heavy atom. The molecule has 1 atom stereocenters. The predicted molar refractivity (Wildman–Crippen MR) is 118 cm³/mol. The first-order valence-corrected chi connectivity index (χ1v) is 13.0. The third kappa shape index (κ3) is 5.45. The summed E-state index contributed by atoms with van der Waals surface area (Å²) in [6.45, 7) is 24.3. The standard InChI is InChI=1S/C24H44Si/c1-17(2)15-24(18(3)4)23-13-11-22(12-14-23)16-25(19(5)6,20(7)8)21(9)10/h11-14,17-21,24H,15-16H2,1-10H3. The fourth-order valence-electron chi connectivity index (χ4n) is 5.15. The van der Waals surface area contributed by atoms with E-state index in [1.165, 1.54) is 12.5 Å². The van der Waals surface area contributed by atoms with E-state index in [0.29, 0.717) is 11.8 Å². The smallest absolute Gasteiger partial charge is 0.0651 e. The fraction of sp³-hybridized carbons (Fsp3) is 0.750. The van der Waals surface area contributed by atoms with Gasteiger partial charge in [-0.3, -0.25) is 0 Å². The van der Waals surface area contributed by atoms with E-state index >= 15 is 0 Å². The van der Waals surface area contributed by atoms with Gasteiger partial charge >= 0.3 is 0 Å². The normalized spacial score (nSPS) is 14.4. The van der Waals surface area contributed by atoms with Gasteiger partial charge < -0.3 is 0 Å². The van der Waals surface area contributed by atoms with Crippen LogP contribution in [0.15, 0.2) is 24.3 Å². The molecule has 0 amide bonds. The first kappa shape index (κ1) is 22.5. The molecule has 0 aliphatic heterocycles. The molecule has 0 saturated heterocycles. The summed E-state index contributed by atoms with van der Waals surface area (Å²) in [6, 6.07) is 11.1. The quantitative estimate of drug-likeness (QED) is 0.389. The minimum atomic E-state index is -1.36. The van der Waals surface area contributed by atoms with E-state index in [-0.39, 0.29) is 0 Å². The molecule has 25 heavy (non-hydrogen) atoms. The van der Waals surface area contributed by atoms with Crippen molar-refractivity contribution in [1.29, 1.82) is 0 Å². The molecule has 1 aromatic carbocycles. The summed E-state index contributed by atoms with van der Waals surface area (Å²) in [4.78, 5) is 0. The van der Waals surface area contributed by atoms with Crippen LogP contribution in [0.3, 0.4) is 0 Å². The van der Waals surface area contributed by atoms with Gasteiger partial charge in [0.2, 0.25) is 0 Å². The minimum absolute atomic E-state index is 0.691. The fourth-order valence-corrected chi connectivity index (χ4v) is 11.3. The lowest BCUT2D eigenvalue weighted by Gasteiger charge is -2.43. The van der Waals surface area contributed by atoms with E-state index in [2.05, 4.69) is 93.5 Å². The highest BCUT2D eigenvalue weighted by molar-refractivity contribution is 6.83. The van der Waals surface area contributed by atoms with Crippen molar-refractivity contribution in [2.75, 3.05) is 0 Å². The molecule has 0 saturated carbocycles. The van der Waals surface area contributed by atoms with Crippen LogP contribution in [0.5, 0.6) is 0 Å². The van der Waals surface area contributed by atoms with E-state index < -0.39 is 8.07 Å². The molecule has 0 aliphatic carbocycles. The Morgan fingerprint density at radius 1 is 0.680 bits per heavy atom. The van der Waals surface area contributed by atoms with Crippen molar-refractivity contribution in [1.82, 2.24) is 0 Å². The molecule has 1 heteroatoms. The van der Waals surface area contributed by atoms with Gasteiger partial charge in [0, 0.05) is 0 Å². The lowest BCUT2D eigenvalue weighted by Crippen LogP contribution is -2.47. The second kappa shape index (κ2) is 9.40. The van der Waals surface area contributed by atoms with Gasteiger partial charge in [0.1, 0.15) is 0 Å². The van der Waals surface area contributed by atoms with Crippen molar-refractivity contribution in [3.63, 3.8) is 0 Å². The molecule has 1 aromatic rings. The first-order chi connectivity index (χ1) is 11.5. The van der Waals surface area contributed by atoms with Gasteiger partial charge in [-0.15, -0.1) is 0 Å². The maximum Gasteiger partial charge on any atom is 0.0656 e. The number of hydrogen-bond donors (Lipinski definition) is 0. The largest absolute Gasteiger partial charge is 0.0656 e. The molecule has 1 unspecified atom stereocenters. The summed E-state index contributed by atoms with van der Waals surface area (Å²) in [7, 11) is -1.36.